The molecule has 19 heavy (non-hydrogen) atoms. The van der Waals surface area contributed by atoms with E-state index < -0.39 is 0 Å². The minimum atomic E-state index is 0.562. The molecular weight excluding hydrogens is 234 g/mol. The van der Waals surface area contributed by atoms with Crippen LogP contribution in [0.5, 0.6) is 0 Å². The van der Waals surface area contributed by atoms with Crippen LogP contribution in [-0.2, 0) is 13.5 Å². The van der Waals surface area contributed by atoms with Crippen LogP contribution in [0.1, 0.15) is 36.9 Å². The molecule has 1 N–H and O–H groups in total. The molecular formula is C16H21N3. The summed E-state index contributed by atoms with van der Waals surface area (Å²) in [5.74, 6) is 0.655. The van der Waals surface area contributed by atoms with Gasteiger partial charge in [0.2, 0.25) is 0 Å². The summed E-state index contributed by atoms with van der Waals surface area (Å²) in [6.07, 6.45) is 5.40. The second-order valence-electron chi connectivity index (χ2n) is 5.55. The summed E-state index contributed by atoms with van der Waals surface area (Å²) in [4.78, 5) is 0. The third kappa shape index (κ3) is 2.50. The van der Waals surface area contributed by atoms with Gasteiger partial charge in [-0.05, 0) is 49.8 Å². The average molecular weight is 255 g/mol. The molecule has 3 rings (SSSR count). The van der Waals surface area contributed by atoms with Crippen LogP contribution in [0.4, 0.5) is 5.69 Å². The van der Waals surface area contributed by atoms with E-state index in [1.165, 1.54) is 29.8 Å². The Kier molecular flexibility index (Phi) is 3.28. The summed E-state index contributed by atoms with van der Waals surface area (Å²) in [7, 11) is 2.02. The summed E-state index contributed by atoms with van der Waals surface area (Å²) in [6.45, 7) is 2.27. The molecule has 0 amide bonds. The fourth-order valence-electron chi connectivity index (χ4n) is 3.10. The van der Waals surface area contributed by atoms with Crippen LogP contribution in [0, 0.1) is 0 Å². The first-order valence-corrected chi connectivity index (χ1v) is 7.06. The van der Waals surface area contributed by atoms with Gasteiger partial charge < -0.3 is 5.32 Å². The van der Waals surface area contributed by atoms with Gasteiger partial charge in [0.1, 0.15) is 0 Å². The number of para-hydroxylation sites is 1. The van der Waals surface area contributed by atoms with E-state index >= 15 is 0 Å². The van der Waals surface area contributed by atoms with Gasteiger partial charge in [0, 0.05) is 30.7 Å². The number of nitrogens with zero attached hydrogens (tertiary/aromatic N) is 2. The standard InChI is InChI=1S/C16H21N3/c1-12-11-13(7-8-14-9-10-17-19(14)2)15-5-3-4-6-16(15)18-12/h3-6,9-10,12-13,18H,7-8,11H2,1-2H3. The zero-order valence-corrected chi connectivity index (χ0v) is 11.6. The number of benzene rings is 1. The average Bonchev–Trinajstić information content (AvgIpc) is 2.81. The molecule has 2 aromatic rings. The predicted octanol–water partition coefficient (Wildman–Crippen LogP) is 3.34. The normalized spacial score (nSPS) is 21.8. The first kappa shape index (κ1) is 12.3. The van der Waals surface area contributed by atoms with Crippen molar-refractivity contribution in [1.82, 2.24) is 9.78 Å². The maximum Gasteiger partial charge on any atom is 0.0492 e. The minimum absolute atomic E-state index is 0.562. The lowest BCUT2D eigenvalue weighted by Gasteiger charge is -2.31. The molecule has 3 nitrogen and oxygen atoms in total. The van der Waals surface area contributed by atoms with E-state index in [4.69, 9.17) is 0 Å². The quantitative estimate of drug-likeness (QED) is 0.911. The lowest BCUT2D eigenvalue weighted by molar-refractivity contribution is 0.513. The van der Waals surface area contributed by atoms with E-state index in [2.05, 4.69) is 47.7 Å². The Hall–Kier alpha value is -1.77. The third-order valence-electron chi connectivity index (χ3n) is 4.11. The van der Waals surface area contributed by atoms with Crippen molar-refractivity contribution in [2.75, 3.05) is 5.32 Å². The molecule has 100 valence electrons. The smallest absolute Gasteiger partial charge is 0.0492 e. The zero-order chi connectivity index (χ0) is 13.2. The van der Waals surface area contributed by atoms with Crippen molar-refractivity contribution in [3.63, 3.8) is 0 Å². The molecule has 0 saturated heterocycles. The van der Waals surface area contributed by atoms with Crippen LogP contribution in [-0.4, -0.2) is 15.8 Å². The fraction of sp³-hybridized carbons (Fsp3) is 0.438. The summed E-state index contributed by atoms with van der Waals surface area (Å²) in [5.41, 5.74) is 4.11. The molecule has 1 aliphatic rings. The van der Waals surface area contributed by atoms with Crippen molar-refractivity contribution >= 4 is 5.69 Å². The molecule has 2 heterocycles. The van der Waals surface area contributed by atoms with Crippen LogP contribution in [0.2, 0.25) is 0 Å². The van der Waals surface area contributed by atoms with Gasteiger partial charge in [-0.15, -0.1) is 0 Å². The number of aromatic nitrogens is 2. The maximum atomic E-state index is 4.24. The highest BCUT2D eigenvalue weighted by Crippen LogP contribution is 2.36. The Morgan fingerprint density at radius 1 is 1.32 bits per heavy atom. The fourth-order valence-corrected chi connectivity index (χ4v) is 3.10. The van der Waals surface area contributed by atoms with E-state index in [0.29, 0.717) is 12.0 Å². The number of aryl methyl sites for hydroxylation is 2. The largest absolute Gasteiger partial charge is 0.382 e. The lowest BCUT2D eigenvalue weighted by atomic mass is 9.84. The Labute approximate surface area is 114 Å². The number of anilines is 1. The van der Waals surface area contributed by atoms with Crippen molar-refractivity contribution in [2.24, 2.45) is 7.05 Å². The van der Waals surface area contributed by atoms with Gasteiger partial charge in [-0.1, -0.05) is 18.2 Å². The Morgan fingerprint density at radius 3 is 2.95 bits per heavy atom. The summed E-state index contributed by atoms with van der Waals surface area (Å²) < 4.78 is 1.98. The molecule has 0 radical (unpaired) electrons. The van der Waals surface area contributed by atoms with Gasteiger partial charge in [-0.25, -0.2) is 0 Å². The van der Waals surface area contributed by atoms with Crippen LogP contribution in [0.15, 0.2) is 36.5 Å². The van der Waals surface area contributed by atoms with E-state index in [0.717, 1.165) is 6.42 Å². The van der Waals surface area contributed by atoms with Crippen LogP contribution in [0.3, 0.4) is 0 Å². The molecule has 0 bridgehead atoms. The van der Waals surface area contributed by atoms with E-state index in [1.807, 2.05) is 17.9 Å². The van der Waals surface area contributed by atoms with Gasteiger partial charge >= 0.3 is 0 Å². The molecule has 1 aromatic heterocycles. The van der Waals surface area contributed by atoms with Crippen molar-refractivity contribution < 1.29 is 0 Å². The maximum absolute atomic E-state index is 4.24. The van der Waals surface area contributed by atoms with Crippen molar-refractivity contribution in [2.45, 2.75) is 38.1 Å². The van der Waals surface area contributed by atoms with E-state index in [9.17, 15) is 0 Å². The zero-order valence-electron chi connectivity index (χ0n) is 11.6. The van der Waals surface area contributed by atoms with E-state index in [1.54, 1.807) is 0 Å². The van der Waals surface area contributed by atoms with Gasteiger partial charge in [0.05, 0.1) is 0 Å². The molecule has 0 saturated carbocycles. The molecule has 1 aliphatic heterocycles. The number of hydrogen-bond acceptors (Lipinski definition) is 2. The molecule has 2 unspecified atom stereocenters. The Bertz CT molecular complexity index is 559. The minimum Gasteiger partial charge on any atom is -0.382 e. The van der Waals surface area contributed by atoms with Gasteiger partial charge in [-0.3, -0.25) is 4.68 Å². The number of fused-ring (bicyclic) bond motifs is 1. The number of hydrogen-bond donors (Lipinski definition) is 1. The van der Waals surface area contributed by atoms with Crippen molar-refractivity contribution in [3.8, 4) is 0 Å². The molecule has 1 aromatic carbocycles. The number of rotatable bonds is 3. The molecule has 3 heteroatoms. The molecule has 0 fully saturated rings. The Balaban J connectivity index is 1.76. The predicted molar refractivity (Wildman–Crippen MR) is 78.4 cm³/mol. The first-order chi connectivity index (χ1) is 9.24. The van der Waals surface area contributed by atoms with Crippen LogP contribution < -0.4 is 5.32 Å². The van der Waals surface area contributed by atoms with E-state index in [-0.39, 0.29) is 0 Å². The lowest BCUT2D eigenvalue weighted by Crippen LogP contribution is -2.25. The van der Waals surface area contributed by atoms with Gasteiger partial charge in [-0.2, -0.15) is 5.10 Å². The summed E-state index contributed by atoms with van der Waals surface area (Å²) in [5, 5.41) is 7.82. The first-order valence-electron chi connectivity index (χ1n) is 7.06. The van der Waals surface area contributed by atoms with Crippen molar-refractivity contribution in [1.29, 1.82) is 0 Å². The topological polar surface area (TPSA) is 29.9 Å². The molecule has 0 spiro atoms. The highest BCUT2D eigenvalue weighted by atomic mass is 15.2. The Morgan fingerprint density at radius 2 is 2.16 bits per heavy atom. The van der Waals surface area contributed by atoms with Gasteiger partial charge in [0.25, 0.3) is 0 Å². The second kappa shape index (κ2) is 5.08. The van der Waals surface area contributed by atoms with Gasteiger partial charge in [0.15, 0.2) is 0 Å². The van der Waals surface area contributed by atoms with Crippen LogP contribution >= 0.6 is 0 Å². The molecule has 0 aliphatic carbocycles. The van der Waals surface area contributed by atoms with Crippen molar-refractivity contribution in [3.05, 3.63) is 47.8 Å². The summed E-state index contributed by atoms with van der Waals surface area (Å²) >= 11 is 0. The summed E-state index contributed by atoms with van der Waals surface area (Å²) in [6, 6.07) is 11.4. The monoisotopic (exact) mass is 255 g/mol. The van der Waals surface area contributed by atoms with Crippen LogP contribution in [0.25, 0.3) is 0 Å². The highest BCUT2D eigenvalue weighted by molar-refractivity contribution is 5.55. The SMILES string of the molecule is CC1CC(CCc2ccnn2C)c2ccccc2N1. The molecule has 2 atom stereocenters. The third-order valence-corrected chi connectivity index (χ3v) is 4.11. The second-order valence-corrected chi connectivity index (χ2v) is 5.55. The number of nitrogens with one attached hydrogen (secondary N) is 1. The highest BCUT2D eigenvalue weighted by Gasteiger charge is 2.23.